The molecule has 1 aromatic heterocycles. The molecule has 1 aliphatic carbocycles. The summed E-state index contributed by atoms with van der Waals surface area (Å²) in [7, 11) is -3.52. The second-order valence-electron chi connectivity index (χ2n) is 10.5. The molecule has 1 amide bonds. The predicted octanol–water partition coefficient (Wildman–Crippen LogP) is 2.28. The first-order valence-electron chi connectivity index (χ1n) is 13.2. The Balaban J connectivity index is 1.22. The van der Waals surface area contributed by atoms with Gasteiger partial charge >= 0.3 is 0 Å². The molecule has 1 unspecified atom stereocenters. The van der Waals surface area contributed by atoms with Crippen LogP contribution in [0.3, 0.4) is 0 Å². The molecular formula is C27H36N4O5S. The average molecular weight is 529 g/mol. The molecule has 10 heteroatoms. The summed E-state index contributed by atoms with van der Waals surface area (Å²) in [4.78, 5) is 17.7. The number of nitrogens with one attached hydrogen (secondary N) is 1. The third-order valence-corrected chi connectivity index (χ3v) is 9.77. The highest BCUT2D eigenvalue weighted by atomic mass is 32.2. The number of sulfonamides is 1. The van der Waals surface area contributed by atoms with E-state index in [0.29, 0.717) is 18.8 Å². The molecular weight excluding hydrogens is 492 g/mol. The molecule has 3 heterocycles. The van der Waals surface area contributed by atoms with E-state index >= 15 is 0 Å². The first-order valence-corrected chi connectivity index (χ1v) is 14.8. The van der Waals surface area contributed by atoms with Crippen molar-refractivity contribution < 1.29 is 23.4 Å². The molecule has 5 rings (SSSR count). The molecule has 2 aliphatic heterocycles. The molecule has 0 radical (unpaired) electrons. The number of hydrogen-bond acceptors (Lipinski definition) is 6. The van der Waals surface area contributed by atoms with E-state index in [4.69, 9.17) is 10.1 Å². The summed E-state index contributed by atoms with van der Waals surface area (Å²) >= 11 is 0. The fraction of sp³-hybridized carbons (Fsp3) is 0.556. The summed E-state index contributed by atoms with van der Waals surface area (Å²) in [6.07, 6.45) is 11.0. The Labute approximate surface area is 217 Å². The van der Waals surface area contributed by atoms with Crippen LogP contribution >= 0.6 is 0 Å². The number of nitrogens with zero attached hydrogens (tertiary/aromatic N) is 3. The van der Waals surface area contributed by atoms with E-state index in [0.717, 1.165) is 35.1 Å². The maximum Gasteiger partial charge on any atom is 0.253 e. The minimum absolute atomic E-state index is 0.0726. The van der Waals surface area contributed by atoms with Crippen LogP contribution in [-0.4, -0.2) is 76.3 Å². The van der Waals surface area contributed by atoms with Gasteiger partial charge in [-0.3, -0.25) is 9.79 Å². The molecule has 2 fully saturated rings. The Morgan fingerprint density at radius 3 is 2.65 bits per heavy atom. The molecule has 1 atom stereocenters. The van der Waals surface area contributed by atoms with Crippen molar-refractivity contribution in [3.63, 3.8) is 0 Å². The van der Waals surface area contributed by atoms with Gasteiger partial charge in [-0.2, -0.15) is 0 Å². The van der Waals surface area contributed by atoms with Crippen molar-refractivity contribution >= 4 is 38.7 Å². The smallest absolute Gasteiger partial charge is 0.253 e. The van der Waals surface area contributed by atoms with Crippen LogP contribution in [0.1, 0.15) is 50.5 Å². The van der Waals surface area contributed by atoms with Gasteiger partial charge < -0.3 is 20.1 Å². The highest BCUT2D eigenvalue weighted by Gasteiger charge is 2.48. The van der Waals surface area contributed by atoms with Gasteiger partial charge in [-0.25, -0.2) is 12.7 Å². The van der Waals surface area contributed by atoms with E-state index in [9.17, 15) is 18.3 Å². The highest BCUT2D eigenvalue weighted by Crippen LogP contribution is 2.35. The van der Waals surface area contributed by atoms with Crippen LogP contribution in [0.5, 0.6) is 0 Å². The van der Waals surface area contributed by atoms with Crippen LogP contribution in [-0.2, 0) is 21.4 Å². The average Bonchev–Trinajstić information content (AvgIpc) is 3.46. The molecule has 9 nitrogen and oxygen atoms in total. The Bertz CT molecular complexity index is 1300. The third-order valence-electron chi connectivity index (χ3n) is 8.00. The quantitative estimate of drug-likeness (QED) is 0.485. The van der Waals surface area contributed by atoms with Crippen molar-refractivity contribution in [3.8, 4) is 0 Å². The number of carbonyl (C=O) groups excluding carboxylic acids is 1. The maximum atomic E-state index is 13.1. The van der Waals surface area contributed by atoms with Crippen LogP contribution < -0.4 is 5.32 Å². The lowest BCUT2D eigenvalue weighted by Crippen LogP contribution is -2.50. The number of hydrogen-bond donors (Lipinski definition) is 3. The number of carbonyl (C=O) groups is 1. The number of aromatic nitrogens is 1. The van der Waals surface area contributed by atoms with Crippen molar-refractivity contribution in [1.82, 2.24) is 14.2 Å². The van der Waals surface area contributed by atoms with Crippen LogP contribution in [0, 0.1) is 5.92 Å². The summed E-state index contributed by atoms with van der Waals surface area (Å²) < 4.78 is 29.5. The first-order chi connectivity index (χ1) is 17.8. The number of amides is 1. The van der Waals surface area contributed by atoms with Crippen molar-refractivity contribution in [2.45, 2.75) is 63.1 Å². The molecule has 1 aromatic carbocycles. The third kappa shape index (κ3) is 5.38. The molecule has 1 saturated heterocycles. The van der Waals surface area contributed by atoms with Gasteiger partial charge in [0.25, 0.3) is 5.91 Å². The highest BCUT2D eigenvalue weighted by molar-refractivity contribution is 7.89. The minimum atomic E-state index is -3.52. The number of piperidine rings is 1. The van der Waals surface area contributed by atoms with Crippen LogP contribution in [0.15, 0.2) is 41.5 Å². The van der Waals surface area contributed by atoms with Crippen LogP contribution in [0.4, 0.5) is 0 Å². The second kappa shape index (κ2) is 10.7. The van der Waals surface area contributed by atoms with Gasteiger partial charge in [0.05, 0.1) is 25.0 Å². The van der Waals surface area contributed by atoms with E-state index in [1.807, 2.05) is 41.1 Å². The number of aliphatic hydroxyl groups excluding tert-OH is 2. The van der Waals surface area contributed by atoms with Gasteiger partial charge in [-0.05, 0) is 43.4 Å². The van der Waals surface area contributed by atoms with Gasteiger partial charge in [-0.1, -0.05) is 43.5 Å². The summed E-state index contributed by atoms with van der Waals surface area (Å²) in [5.74, 6) is 0.947. The molecule has 1 saturated carbocycles. The second-order valence-corrected chi connectivity index (χ2v) is 12.5. The van der Waals surface area contributed by atoms with Gasteiger partial charge in [-0.15, -0.1) is 0 Å². The van der Waals surface area contributed by atoms with Gasteiger partial charge in [0.15, 0.2) is 0 Å². The van der Waals surface area contributed by atoms with Crippen molar-refractivity contribution in [1.29, 1.82) is 0 Å². The lowest BCUT2D eigenvalue weighted by Gasteiger charge is -2.34. The van der Waals surface area contributed by atoms with E-state index in [2.05, 4.69) is 5.32 Å². The number of amidine groups is 1. The van der Waals surface area contributed by atoms with Crippen molar-refractivity contribution in [2.75, 3.05) is 25.4 Å². The summed E-state index contributed by atoms with van der Waals surface area (Å²) in [5.41, 5.74) is 0.970. The summed E-state index contributed by atoms with van der Waals surface area (Å²) in [6.45, 7) is 0.545. The van der Waals surface area contributed by atoms with Gasteiger partial charge in [0, 0.05) is 36.1 Å². The van der Waals surface area contributed by atoms with E-state index in [1.165, 1.54) is 23.6 Å². The number of benzene rings is 1. The Kier molecular flexibility index (Phi) is 7.53. The first kappa shape index (κ1) is 26.1. The van der Waals surface area contributed by atoms with E-state index in [-0.39, 0.29) is 37.9 Å². The zero-order valence-corrected chi connectivity index (χ0v) is 21.9. The Morgan fingerprint density at radius 2 is 1.92 bits per heavy atom. The van der Waals surface area contributed by atoms with Crippen molar-refractivity contribution in [2.24, 2.45) is 10.9 Å². The number of fused-ring (bicyclic) bond motifs is 1. The van der Waals surface area contributed by atoms with Gasteiger partial charge in [0.1, 0.15) is 11.4 Å². The lowest BCUT2D eigenvalue weighted by molar-refractivity contribution is -0.125. The van der Waals surface area contributed by atoms with E-state index < -0.39 is 21.7 Å². The Hall–Kier alpha value is -2.53. The molecule has 3 aliphatic rings. The Morgan fingerprint density at radius 1 is 1.16 bits per heavy atom. The minimum Gasteiger partial charge on any atom is -0.394 e. The largest absolute Gasteiger partial charge is 0.394 e. The van der Waals surface area contributed by atoms with Crippen LogP contribution in [0.2, 0.25) is 0 Å². The molecule has 0 bridgehead atoms. The van der Waals surface area contributed by atoms with E-state index in [1.54, 1.807) is 6.08 Å². The monoisotopic (exact) mass is 528 g/mol. The summed E-state index contributed by atoms with van der Waals surface area (Å²) in [5, 5.41) is 22.9. The lowest BCUT2D eigenvalue weighted by atomic mass is 9.88. The zero-order chi connectivity index (χ0) is 26.0. The fourth-order valence-electron chi connectivity index (χ4n) is 5.82. The summed E-state index contributed by atoms with van der Waals surface area (Å²) in [6, 6.07) is 7.66. The number of rotatable bonds is 8. The molecule has 200 valence electrons. The van der Waals surface area contributed by atoms with Crippen molar-refractivity contribution in [3.05, 3.63) is 42.1 Å². The molecule has 3 N–H and O–H groups in total. The molecule has 37 heavy (non-hydrogen) atoms. The molecule has 1 spiro atoms. The topological polar surface area (TPSA) is 124 Å². The van der Waals surface area contributed by atoms with Crippen LogP contribution in [0.25, 0.3) is 17.0 Å². The standard InChI is InChI=1S/C27H36N4O5S/c32-19-22(33)18-30-14-11-23-20(8-4-10-24(23)30)9-5-17-37(35,36)31-15-12-27(13-16-31)26(34)28-25(29-27)21-6-2-1-3-7-21/h4-5,8-11,14,21-22,32-33H,1-3,6-7,12-13,15-19H2,(H,28,29,34). The SMILES string of the molecule is O=C1NC(C2CCCCC2)=NC12CCN(S(=O)(=O)CC=Cc1cccc3c1ccn3CC(O)CO)CC2. The maximum absolute atomic E-state index is 13.1. The number of aliphatic hydroxyl groups is 2. The fourth-order valence-corrected chi connectivity index (χ4v) is 7.11. The van der Waals surface area contributed by atoms with Gasteiger partial charge in [0.2, 0.25) is 10.0 Å². The molecule has 2 aromatic rings. The zero-order valence-electron chi connectivity index (χ0n) is 21.1. The normalized spacial score (nSPS) is 22.1. The predicted molar refractivity (Wildman–Crippen MR) is 144 cm³/mol. The number of aliphatic imine (C=N–C) groups is 1.